The summed E-state index contributed by atoms with van der Waals surface area (Å²) in [5, 5.41) is 0. The molecule has 0 aliphatic carbocycles. The SMILES string of the molecule is CC(=O)OC(C)N(c1ccccc1)C(C)OC(C)=O. The van der Waals surface area contributed by atoms with Crippen LogP contribution in [0, 0.1) is 0 Å². The molecule has 0 amide bonds. The molecule has 0 radical (unpaired) electrons. The highest BCUT2D eigenvalue weighted by molar-refractivity contribution is 5.67. The van der Waals surface area contributed by atoms with Gasteiger partial charge >= 0.3 is 11.9 Å². The van der Waals surface area contributed by atoms with E-state index in [-0.39, 0.29) is 11.9 Å². The maximum atomic E-state index is 11.1. The first-order valence-corrected chi connectivity index (χ1v) is 6.09. The molecule has 0 saturated carbocycles. The van der Waals surface area contributed by atoms with E-state index in [1.165, 1.54) is 13.8 Å². The summed E-state index contributed by atoms with van der Waals surface area (Å²) in [5.41, 5.74) is 0.810. The molecule has 0 saturated heterocycles. The zero-order valence-electron chi connectivity index (χ0n) is 11.6. The van der Waals surface area contributed by atoms with Crippen molar-refractivity contribution in [2.75, 3.05) is 4.90 Å². The fraction of sp³-hybridized carbons (Fsp3) is 0.429. The number of rotatable bonds is 5. The maximum absolute atomic E-state index is 11.1. The Morgan fingerprint density at radius 3 is 1.74 bits per heavy atom. The molecule has 0 N–H and O–H groups in total. The van der Waals surface area contributed by atoms with Crippen molar-refractivity contribution < 1.29 is 19.1 Å². The lowest BCUT2D eigenvalue weighted by Gasteiger charge is -2.34. The summed E-state index contributed by atoms with van der Waals surface area (Å²) in [4.78, 5) is 23.9. The minimum atomic E-state index is -0.533. The summed E-state index contributed by atoms with van der Waals surface area (Å²) >= 11 is 0. The third kappa shape index (κ3) is 4.62. The van der Waals surface area contributed by atoms with Gasteiger partial charge in [-0.05, 0) is 26.0 Å². The molecule has 0 aliphatic heterocycles. The van der Waals surface area contributed by atoms with Crippen molar-refractivity contribution in [3.63, 3.8) is 0 Å². The Balaban J connectivity index is 2.96. The average Bonchev–Trinajstić information content (AvgIpc) is 2.28. The number of hydrogen-bond acceptors (Lipinski definition) is 5. The van der Waals surface area contributed by atoms with Gasteiger partial charge in [0.05, 0.1) is 0 Å². The average molecular weight is 265 g/mol. The lowest BCUT2D eigenvalue weighted by molar-refractivity contribution is -0.150. The van der Waals surface area contributed by atoms with Gasteiger partial charge in [-0.3, -0.25) is 9.59 Å². The van der Waals surface area contributed by atoms with Crippen LogP contribution in [0.4, 0.5) is 5.69 Å². The van der Waals surface area contributed by atoms with Crippen molar-refractivity contribution in [1.82, 2.24) is 0 Å². The van der Waals surface area contributed by atoms with Gasteiger partial charge in [-0.25, -0.2) is 0 Å². The van der Waals surface area contributed by atoms with Gasteiger partial charge in [-0.2, -0.15) is 0 Å². The van der Waals surface area contributed by atoms with Crippen molar-refractivity contribution in [2.45, 2.75) is 40.2 Å². The van der Waals surface area contributed by atoms with E-state index in [1.807, 2.05) is 30.3 Å². The predicted molar refractivity (Wildman–Crippen MR) is 71.4 cm³/mol. The molecular formula is C14H19NO4. The Labute approximate surface area is 113 Å². The zero-order valence-corrected chi connectivity index (χ0v) is 11.6. The van der Waals surface area contributed by atoms with Gasteiger partial charge in [0.15, 0.2) is 12.5 Å². The predicted octanol–water partition coefficient (Wildman–Crippen LogP) is 2.31. The van der Waals surface area contributed by atoms with Crippen LogP contribution in [-0.2, 0) is 19.1 Å². The molecule has 2 atom stereocenters. The van der Waals surface area contributed by atoms with Crippen LogP contribution >= 0.6 is 0 Å². The number of ether oxygens (including phenoxy) is 2. The summed E-state index contributed by atoms with van der Waals surface area (Å²) < 4.78 is 10.3. The van der Waals surface area contributed by atoms with Crippen LogP contribution in [0.2, 0.25) is 0 Å². The van der Waals surface area contributed by atoms with Gasteiger partial charge in [0.1, 0.15) is 0 Å². The minimum absolute atomic E-state index is 0.386. The second-order valence-electron chi connectivity index (χ2n) is 4.16. The van der Waals surface area contributed by atoms with E-state index in [0.29, 0.717) is 0 Å². The molecule has 0 heterocycles. The molecule has 19 heavy (non-hydrogen) atoms. The number of nitrogens with zero attached hydrogens (tertiary/aromatic N) is 1. The monoisotopic (exact) mass is 265 g/mol. The van der Waals surface area contributed by atoms with Crippen LogP contribution < -0.4 is 4.90 Å². The second-order valence-corrected chi connectivity index (χ2v) is 4.16. The summed E-state index contributed by atoms with van der Waals surface area (Å²) in [6, 6.07) is 9.33. The lowest BCUT2D eigenvalue weighted by Crippen LogP contribution is -2.44. The van der Waals surface area contributed by atoms with Gasteiger partial charge in [0.25, 0.3) is 0 Å². The van der Waals surface area contributed by atoms with Gasteiger partial charge in [-0.15, -0.1) is 0 Å². The Kier molecular flexibility index (Phi) is 5.36. The third-order valence-electron chi connectivity index (χ3n) is 2.51. The fourth-order valence-corrected chi connectivity index (χ4v) is 1.91. The van der Waals surface area contributed by atoms with Crippen molar-refractivity contribution in [3.05, 3.63) is 30.3 Å². The smallest absolute Gasteiger partial charge is 0.304 e. The standard InChI is InChI=1S/C14H19NO4/c1-10(18-12(3)16)15(11(2)19-13(4)17)14-8-6-5-7-9-14/h5-11H,1-4H3. The molecule has 0 aliphatic rings. The van der Waals surface area contributed by atoms with Gasteiger partial charge < -0.3 is 14.4 Å². The van der Waals surface area contributed by atoms with Crippen LogP contribution in [0.3, 0.4) is 0 Å². The van der Waals surface area contributed by atoms with Gasteiger partial charge in [0.2, 0.25) is 0 Å². The van der Waals surface area contributed by atoms with E-state index in [9.17, 15) is 9.59 Å². The van der Waals surface area contributed by atoms with Crippen LogP contribution in [0.1, 0.15) is 27.7 Å². The molecule has 0 aromatic heterocycles. The highest BCUT2D eigenvalue weighted by atomic mass is 16.6. The summed E-state index contributed by atoms with van der Waals surface area (Å²) in [5.74, 6) is -0.771. The molecule has 104 valence electrons. The van der Waals surface area contributed by atoms with Crippen LogP contribution in [-0.4, -0.2) is 24.4 Å². The Hall–Kier alpha value is -2.04. The topological polar surface area (TPSA) is 55.8 Å². The number of carbonyl (C=O) groups excluding carboxylic acids is 2. The Morgan fingerprint density at radius 1 is 0.947 bits per heavy atom. The maximum Gasteiger partial charge on any atom is 0.304 e. The molecule has 2 unspecified atom stereocenters. The van der Waals surface area contributed by atoms with E-state index in [2.05, 4.69) is 0 Å². The van der Waals surface area contributed by atoms with Crippen molar-refractivity contribution in [2.24, 2.45) is 0 Å². The van der Waals surface area contributed by atoms with E-state index < -0.39 is 12.5 Å². The van der Waals surface area contributed by atoms with Gasteiger partial charge in [0, 0.05) is 19.5 Å². The first-order valence-electron chi connectivity index (χ1n) is 6.09. The fourth-order valence-electron chi connectivity index (χ4n) is 1.91. The molecule has 1 aromatic rings. The minimum Gasteiger partial charge on any atom is -0.442 e. The molecule has 0 bridgehead atoms. The molecule has 5 nitrogen and oxygen atoms in total. The molecule has 0 spiro atoms. The van der Waals surface area contributed by atoms with Crippen LogP contribution in [0.15, 0.2) is 30.3 Å². The third-order valence-corrected chi connectivity index (χ3v) is 2.51. The molecule has 0 fully saturated rings. The summed E-state index contributed by atoms with van der Waals surface area (Å²) in [6.45, 7) is 6.15. The van der Waals surface area contributed by atoms with Crippen LogP contribution in [0.25, 0.3) is 0 Å². The van der Waals surface area contributed by atoms with Crippen molar-refractivity contribution in [3.8, 4) is 0 Å². The largest absolute Gasteiger partial charge is 0.442 e. The van der Waals surface area contributed by atoms with Crippen molar-refractivity contribution in [1.29, 1.82) is 0 Å². The summed E-state index contributed by atoms with van der Waals surface area (Å²) in [7, 11) is 0. The Morgan fingerprint density at radius 2 is 1.37 bits per heavy atom. The number of carbonyl (C=O) groups is 2. The Bertz CT molecular complexity index is 410. The number of hydrogen-bond donors (Lipinski definition) is 0. The molecule has 5 heteroatoms. The van der Waals surface area contributed by atoms with Gasteiger partial charge in [-0.1, -0.05) is 18.2 Å². The number of anilines is 1. The van der Waals surface area contributed by atoms with E-state index in [1.54, 1.807) is 18.7 Å². The number of esters is 2. The zero-order chi connectivity index (χ0) is 14.4. The second kappa shape index (κ2) is 6.78. The highest BCUT2D eigenvalue weighted by Gasteiger charge is 2.24. The van der Waals surface area contributed by atoms with E-state index >= 15 is 0 Å². The van der Waals surface area contributed by atoms with Crippen molar-refractivity contribution >= 4 is 17.6 Å². The molecular weight excluding hydrogens is 246 g/mol. The normalized spacial score (nSPS) is 13.3. The lowest BCUT2D eigenvalue weighted by atomic mass is 10.2. The first kappa shape index (κ1) is 15.0. The number of para-hydroxylation sites is 1. The van der Waals surface area contributed by atoms with Crippen LogP contribution in [0.5, 0.6) is 0 Å². The van der Waals surface area contributed by atoms with E-state index in [0.717, 1.165) is 5.69 Å². The quantitative estimate of drug-likeness (QED) is 0.604. The number of benzene rings is 1. The first-order chi connectivity index (χ1) is 8.91. The van der Waals surface area contributed by atoms with E-state index in [4.69, 9.17) is 9.47 Å². The highest BCUT2D eigenvalue weighted by Crippen LogP contribution is 2.21. The summed E-state index contributed by atoms with van der Waals surface area (Å²) in [6.07, 6.45) is -1.07. The molecule has 1 aromatic carbocycles. The molecule has 1 rings (SSSR count).